The first-order valence-electron chi connectivity index (χ1n) is 4.47. The molecule has 0 atom stereocenters. The van der Waals surface area contributed by atoms with E-state index >= 15 is 0 Å². The van der Waals surface area contributed by atoms with Gasteiger partial charge in [0, 0.05) is 4.11 Å². The average molecular weight is 92.2 g/mol. The zero-order chi connectivity index (χ0) is 10.2. The van der Waals surface area contributed by atoms with Gasteiger partial charge in [-0.3, -0.25) is 0 Å². The maximum atomic E-state index is 8.66. The molecule has 0 aromatic carbocycles. The summed E-state index contributed by atoms with van der Waals surface area (Å²) in [6, 6.07) is -0.900. The van der Waals surface area contributed by atoms with Crippen molar-refractivity contribution < 1.29 is 13.3 Å². The molecule has 0 radical (unpaired) electrons. The highest BCUT2D eigenvalue weighted by Gasteiger charge is 1.68. The molecule has 0 heterocycles. The lowest BCUT2D eigenvalue weighted by molar-refractivity contribution is 0.342. The first-order valence-corrected chi connectivity index (χ1v) is 1.47. The van der Waals surface area contributed by atoms with Gasteiger partial charge >= 0.3 is 0 Å². The van der Waals surface area contributed by atoms with Crippen molar-refractivity contribution in [2.24, 2.45) is 0 Å². The minimum Gasteiger partial charge on any atom is -0.392 e. The standard InChI is InChI=1S/C5H10O/c1-5(2)3-4-6/h3,6H,4H2,1-2H3/i1D3,3D,4D2. The van der Waals surface area contributed by atoms with Crippen LogP contribution in [0.25, 0.3) is 0 Å². The van der Waals surface area contributed by atoms with E-state index in [1.807, 2.05) is 0 Å². The molecule has 0 aromatic heterocycles. The molecule has 6 heavy (non-hydrogen) atoms. The van der Waals surface area contributed by atoms with Gasteiger partial charge in [-0.15, -0.1) is 0 Å². The van der Waals surface area contributed by atoms with Crippen LogP contribution in [0.1, 0.15) is 22.0 Å². The second-order valence-electron chi connectivity index (χ2n) is 0.862. The van der Waals surface area contributed by atoms with Gasteiger partial charge in [0.1, 0.15) is 0 Å². The fourth-order valence-electron chi connectivity index (χ4n) is 0.0839. The molecule has 0 aliphatic carbocycles. The molecule has 0 saturated heterocycles. The Hall–Kier alpha value is -0.300. The van der Waals surface area contributed by atoms with E-state index < -0.39 is 25.0 Å². The Morgan fingerprint density at radius 1 is 2.50 bits per heavy atom. The lowest BCUT2D eigenvalue weighted by atomic mass is 10.3. The molecule has 1 N–H and O–H groups in total. The van der Waals surface area contributed by atoms with Crippen molar-refractivity contribution in [3.8, 4) is 0 Å². The minimum absolute atomic E-state index is 0.435. The van der Waals surface area contributed by atoms with E-state index in [1.165, 1.54) is 0 Å². The third kappa shape index (κ3) is 3.70. The average Bonchev–Trinajstić information content (AvgIpc) is 1.80. The van der Waals surface area contributed by atoms with Gasteiger partial charge in [-0.2, -0.15) is 0 Å². The van der Waals surface area contributed by atoms with E-state index in [-0.39, 0.29) is 0 Å². The maximum absolute atomic E-state index is 8.66. The number of rotatable bonds is 1. The smallest absolute Gasteiger partial charge is 0.0614 e. The summed E-state index contributed by atoms with van der Waals surface area (Å²) < 4.78 is 40.8. The molecule has 36 valence electrons. The Morgan fingerprint density at radius 3 is 3.33 bits per heavy atom. The lowest BCUT2D eigenvalue weighted by Gasteiger charge is -1.80. The van der Waals surface area contributed by atoms with Gasteiger partial charge in [0.15, 0.2) is 0 Å². The van der Waals surface area contributed by atoms with E-state index in [0.717, 1.165) is 6.92 Å². The Balaban J connectivity index is 4.96. The first kappa shape index (κ1) is 1.10. The van der Waals surface area contributed by atoms with Crippen LogP contribution >= 0.6 is 0 Å². The van der Waals surface area contributed by atoms with Crippen LogP contribution in [-0.4, -0.2) is 11.7 Å². The summed E-state index contributed by atoms with van der Waals surface area (Å²) in [4.78, 5) is 0. The third-order valence-corrected chi connectivity index (χ3v) is 0.243. The maximum Gasteiger partial charge on any atom is 0.0614 e. The van der Waals surface area contributed by atoms with Crippen LogP contribution in [0.4, 0.5) is 0 Å². The normalized spacial score (nSPS) is 33.0. The Morgan fingerprint density at radius 2 is 3.17 bits per heavy atom. The van der Waals surface area contributed by atoms with Gasteiger partial charge < -0.3 is 5.11 Å². The fourth-order valence-corrected chi connectivity index (χ4v) is 0.0839. The molecule has 0 spiro atoms. The Labute approximate surface area is 46.7 Å². The summed E-state index contributed by atoms with van der Waals surface area (Å²) in [5.41, 5.74) is -0.435. The molecular formula is C5H10O. The van der Waals surface area contributed by atoms with Crippen LogP contribution in [0.15, 0.2) is 11.6 Å². The molecule has 0 aromatic rings. The van der Waals surface area contributed by atoms with Gasteiger partial charge in [0.25, 0.3) is 0 Å². The molecule has 0 aliphatic heterocycles. The second-order valence-corrected chi connectivity index (χ2v) is 0.862. The minimum atomic E-state index is -2.88. The Kier molecular flexibility index (Phi) is 0.534. The van der Waals surface area contributed by atoms with Crippen LogP contribution < -0.4 is 0 Å². The summed E-state index contributed by atoms with van der Waals surface area (Å²) in [6.07, 6.45) is 0. The predicted octanol–water partition coefficient (Wildman–Crippen LogP) is 0.945. The van der Waals surface area contributed by atoms with Crippen molar-refractivity contribution in [2.75, 3.05) is 6.56 Å². The molecule has 0 amide bonds. The van der Waals surface area contributed by atoms with Crippen LogP contribution in [-0.2, 0) is 0 Å². The third-order valence-electron chi connectivity index (χ3n) is 0.243. The second kappa shape index (κ2) is 2.91. The van der Waals surface area contributed by atoms with Crippen molar-refractivity contribution in [1.29, 1.82) is 0 Å². The number of hydrogen-bond donors (Lipinski definition) is 1. The van der Waals surface area contributed by atoms with Gasteiger partial charge in [-0.05, 0) is 13.8 Å². The van der Waals surface area contributed by atoms with Crippen molar-refractivity contribution in [1.82, 2.24) is 0 Å². The molecule has 0 aliphatic rings. The van der Waals surface area contributed by atoms with Crippen molar-refractivity contribution in [2.45, 2.75) is 13.8 Å². The van der Waals surface area contributed by atoms with Crippen LogP contribution in [0.2, 0.25) is 0 Å². The van der Waals surface area contributed by atoms with Crippen LogP contribution in [0.5, 0.6) is 0 Å². The van der Waals surface area contributed by atoms with Crippen molar-refractivity contribution >= 4 is 0 Å². The van der Waals surface area contributed by atoms with Crippen molar-refractivity contribution in [3.05, 3.63) is 11.6 Å². The van der Waals surface area contributed by atoms with E-state index in [9.17, 15) is 0 Å². The van der Waals surface area contributed by atoms with Crippen LogP contribution in [0.3, 0.4) is 0 Å². The summed E-state index contributed by atoms with van der Waals surface area (Å²) in [5.74, 6) is 0. The molecular weight excluding hydrogens is 76.1 g/mol. The Bertz CT molecular complexity index is 175. The molecule has 0 bridgehead atoms. The largest absolute Gasteiger partial charge is 0.392 e. The first-order chi connectivity index (χ1) is 5.07. The molecule has 1 nitrogen and oxygen atoms in total. The number of allylic oxidation sites excluding steroid dienone is 1. The molecule has 0 fully saturated rings. The van der Waals surface area contributed by atoms with Crippen molar-refractivity contribution in [3.63, 3.8) is 0 Å². The highest BCUT2D eigenvalue weighted by molar-refractivity contribution is 4.91. The van der Waals surface area contributed by atoms with Gasteiger partial charge in [0.2, 0.25) is 0 Å². The fraction of sp³-hybridized carbons (Fsp3) is 0.600. The monoisotopic (exact) mass is 92.1 g/mol. The highest BCUT2D eigenvalue weighted by atomic mass is 16.2. The number of hydrogen-bond acceptors (Lipinski definition) is 1. The lowest BCUT2D eigenvalue weighted by Crippen LogP contribution is -1.71. The quantitative estimate of drug-likeness (QED) is 0.477. The molecule has 1 heteroatoms. The topological polar surface area (TPSA) is 20.2 Å². The van der Waals surface area contributed by atoms with Crippen LogP contribution in [0, 0.1) is 0 Å². The van der Waals surface area contributed by atoms with E-state index in [4.69, 9.17) is 13.3 Å². The molecule has 0 rings (SSSR count). The van der Waals surface area contributed by atoms with E-state index in [2.05, 4.69) is 0 Å². The van der Waals surface area contributed by atoms with Gasteiger partial charge in [-0.25, -0.2) is 0 Å². The summed E-state index contributed by atoms with van der Waals surface area (Å²) in [7, 11) is 0. The highest BCUT2D eigenvalue weighted by Crippen LogP contribution is 1.83. The predicted molar refractivity (Wildman–Crippen MR) is 26.5 cm³/mol. The molecule has 0 saturated carbocycles. The molecule has 0 unspecified atom stereocenters. The van der Waals surface area contributed by atoms with E-state index in [1.54, 1.807) is 0 Å². The van der Waals surface area contributed by atoms with Gasteiger partial charge in [0.05, 0.1) is 10.7 Å². The summed E-state index contributed by atoms with van der Waals surface area (Å²) in [6.45, 7) is -4.30. The summed E-state index contributed by atoms with van der Waals surface area (Å²) in [5, 5.41) is 8.66. The SMILES string of the molecule is [2H]C(=C(C)C([2H])([2H])[2H])C([2H])([2H])O. The number of aliphatic hydroxyl groups is 1. The zero-order valence-corrected chi connectivity index (χ0v) is 3.45. The van der Waals surface area contributed by atoms with E-state index in [0.29, 0.717) is 0 Å². The van der Waals surface area contributed by atoms with Gasteiger partial charge in [-0.1, -0.05) is 11.6 Å². The summed E-state index contributed by atoms with van der Waals surface area (Å²) >= 11 is 0. The zero-order valence-electron chi connectivity index (χ0n) is 9.45.